The van der Waals surface area contributed by atoms with Crippen LogP contribution in [0.4, 0.5) is 18.9 Å². The van der Waals surface area contributed by atoms with E-state index in [4.69, 9.17) is 4.84 Å². The van der Waals surface area contributed by atoms with Crippen LogP contribution in [0.2, 0.25) is 0 Å². The fourth-order valence-corrected chi connectivity index (χ4v) is 2.90. The van der Waals surface area contributed by atoms with Crippen molar-refractivity contribution in [3.63, 3.8) is 0 Å². The molecule has 144 valence electrons. The van der Waals surface area contributed by atoms with Crippen LogP contribution < -0.4 is 10.2 Å². The number of nitrogens with zero attached hydrogens (tertiary/aromatic N) is 2. The normalized spacial score (nSPS) is 16.8. The van der Waals surface area contributed by atoms with Gasteiger partial charge < -0.3 is 15.1 Å². The minimum absolute atomic E-state index is 0.126. The zero-order valence-corrected chi connectivity index (χ0v) is 15.3. The average Bonchev–Trinajstić information content (AvgIpc) is 3.10. The van der Waals surface area contributed by atoms with Crippen molar-refractivity contribution in [2.45, 2.75) is 25.2 Å². The first-order valence-electron chi connectivity index (χ1n) is 8.70. The van der Waals surface area contributed by atoms with Crippen LogP contribution >= 0.6 is 0 Å². The number of anilines is 1. The van der Waals surface area contributed by atoms with Gasteiger partial charge in [0.2, 0.25) is 0 Å². The van der Waals surface area contributed by atoms with E-state index in [1.54, 1.807) is 6.07 Å². The Kier molecular flexibility index (Phi) is 5.70. The van der Waals surface area contributed by atoms with E-state index in [1.165, 1.54) is 6.07 Å². The number of rotatable bonds is 6. The Balaban J connectivity index is 1.49. The number of nitrogens with one attached hydrogen (secondary N) is 1. The van der Waals surface area contributed by atoms with Crippen LogP contribution in [-0.4, -0.2) is 32.5 Å². The number of alkyl halides is 3. The fourth-order valence-electron chi connectivity index (χ4n) is 2.90. The summed E-state index contributed by atoms with van der Waals surface area (Å²) in [7, 11) is 3.97. The van der Waals surface area contributed by atoms with E-state index < -0.39 is 11.7 Å². The van der Waals surface area contributed by atoms with Crippen LogP contribution in [0.15, 0.2) is 53.7 Å². The standard InChI is InChI=1S/C20H22F3N3O/c1-26(2)17-8-6-15(7-9-17)19-11-18(27-25-19)13-24-12-14-4-3-5-16(10-14)20(21,22)23/h3-10,18,24H,11-13H2,1-2H3. The summed E-state index contributed by atoms with van der Waals surface area (Å²) < 4.78 is 38.3. The van der Waals surface area contributed by atoms with Crippen LogP contribution in [0.1, 0.15) is 23.1 Å². The summed E-state index contributed by atoms with van der Waals surface area (Å²) in [4.78, 5) is 7.47. The Morgan fingerprint density at radius 1 is 1.15 bits per heavy atom. The van der Waals surface area contributed by atoms with Gasteiger partial charge in [-0.15, -0.1) is 0 Å². The minimum atomic E-state index is -4.32. The number of halogens is 3. The lowest BCUT2D eigenvalue weighted by Crippen LogP contribution is -2.26. The molecule has 0 fully saturated rings. The Morgan fingerprint density at radius 3 is 2.56 bits per heavy atom. The summed E-state index contributed by atoms with van der Waals surface area (Å²) >= 11 is 0. The van der Waals surface area contributed by atoms with Gasteiger partial charge in [-0.05, 0) is 29.3 Å². The molecule has 2 aromatic rings. The van der Waals surface area contributed by atoms with E-state index in [0.29, 0.717) is 25.1 Å². The summed E-state index contributed by atoms with van der Waals surface area (Å²) in [6.07, 6.45) is -3.79. The van der Waals surface area contributed by atoms with Crippen molar-refractivity contribution < 1.29 is 18.0 Å². The van der Waals surface area contributed by atoms with Crippen LogP contribution in [0, 0.1) is 0 Å². The molecular formula is C20H22F3N3O. The molecule has 0 saturated heterocycles. The van der Waals surface area contributed by atoms with Gasteiger partial charge in [0.05, 0.1) is 11.3 Å². The van der Waals surface area contributed by atoms with Gasteiger partial charge in [0, 0.05) is 39.3 Å². The van der Waals surface area contributed by atoms with E-state index in [-0.39, 0.29) is 6.10 Å². The van der Waals surface area contributed by atoms with Crippen molar-refractivity contribution >= 4 is 11.4 Å². The van der Waals surface area contributed by atoms with E-state index in [1.807, 2.05) is 43.3 Å². The first kappa shape index (κ1) is 19.2. The summed E-state index contributed by atoms with van der Waals surface area (Å²) in [6, 6.07) is 13.4. The molecule has 1 aliphatic heterocycles. The molecule has 3 rings (SSSR count). The highest BCUT2D eigenvalue weighted by Crippen LogP contribution is 2.29. The molecule has 2 aromatic carbocycles. The maximum atomic E-state index is 12.8. The van der Waals surface area contributed by atoms with Gasteiger partial charge in [-0.1, -0.05) is 35.5 Å². The number of benzene rings is 2. The molecule has 1 heterocycles. The highest BCUT2D eigenvalue weighted by molar-refractivity contribution is 6.01. The molecule has 1 aliphatic rings. The lowest BCUT2D eigenvalue weighted by Gasteiger charge is -2.13. The van der Waals surface area contributed by atoms with E-state index in [9.17, 15) is 13.2 Å². The topological polar surface area (TPSA) is 36.9 Å². The molecule has 0 radical (unpaired) electrons. The van der Waals surface area contributed by atoms with Gasteiger partial charge in [-0.25, -0.2) is 0 Å². The Bertz CT molecular complexity index is 801. The van der Waals surface area contributed by atoms with Crippen LogP contribution in [-0.2, 0) is 17.6 Å². The van der Waals surface area contributed by atoms with Crippen LogP contribution in [0.25, 0.3) is 0 Å². The van der Waals surface area contributed by atoms with Crippen molar-refractivity contribution in [3.05, 3.63) is 65.2 Å². The van der Waals surface area contributed by atoms with Crippen molar-refractivity contribution in [2.24, 2.45) is 5.16 Å². The van der Waals surface area contributed by atoms with E-state index in [0.717, 1.165) is 29.1 Å². The quantitative estimate of drug-likeness (QED) is 0.825. The smallest absolute Gasteiger partial charge is 0.390 e. The van der Waals surface area contributed by atoms with Crippen LogP contribution in [0.5, 0.6) is 0 Å². The fraction of sp³-hybridized carbons (Fsp3) is 0.350. The van der Waals surface area contributed by atoms with E-state index in [2.05, 4.69) is 10.5 Å². The second kappa shape index (κ2) is 8.00. The Morgan fingerprint density at radius 2 is 1.89 bits per heavy atom. The highest BCUT2D eigenvalue weighted by Gasteiger charge is 2.30. The van der Waals surface area contributed by atoms with Gasteiger partial charge in [0.15, 0.2) is 0 Å². The molecular weight excluding hydrogens is 355 g/mol. The Hall–Kier alpha value is -2.54. The first-order valence-corrected chi connectivity index (χ1v) is 8.70. The second-order valence-electron chi connectivity index (χ2n) is 6.74. The van der Waals surface area contributed by atoms with Gasteiger partial charge in [-0.3, -0.25) is 0 Å². The van der Waals surface area contributed by atoms with Gasteiger partial charge in [-0.2, -0.15) is 13.2 Å². The third-order valence-electron chi connectivity index (χ3n) is 4.41. The highest BCUT2D eigenvalue weighted by atomic mass is 19.4. The molecule has 0 spiro atoms. The monoisotopic (exact) mass is 377 g/mol. The van der Waals surface area contributed by atoms with Crippen molar-refractivity contribution in [1.29, 1.82) is 0 Å². The maximum Gasteiger partial charge on any atom is 0.416 e. The SMILES string of the molecule is CN(C)c1ccc(C2=NOC(CNCc3cccc(C(F)(F)F)c3)C2)cc1. The summed E-state index contributed by atoms with van der Waals surface area (Å²) in [5.74, 6) is 0. The first-order chi connectivity index (χ1) is 12.8. The van der Waals surface area contributed by atoms with Crippen molar-refractivity contribution in [2.75, 3.05) is 25.5 Å². The molecule has 1 atom stereocenters. The largest absolute Gasteiger partial charge is 0.416 e. The predicted octanol–water partition coefficient (Wildman–Crippen LogP) is 4.05. The number of hydrogen-bond donors (Lipinski definition) is 1. The molecule has 0 amide bonds. The average molecular weight is 377 g/mol. The zero-order chi connectivity index (χ0) is 19.4. The van der Waals surface area contributed by atoms with E-state index >= 15 is 0 Å². The second-order valence-corrected chi connectivity index (χ2v) is 6.74. The summed E-state index contributed by atoms with van der Waals surface area (Å²) in [5, 5.41) is 7.29. The molecule has 27 heavy (non-hydrogen) atoms. The number of oxime groups is 1. The molecule has 1 unspecified atom stereocenters. The van der Waals surface area contributed by atoms with Gasteiger partial charge in [0.1, 0.15) is 6.10 Å². The molecule has 7 heteroatoms. The molecule has 4 nitrogen and oxygen atoms in total. The third kappa shape index (κ3) is 5.01. The summed E-state index contributed by atoms with van der Waals surface area (Å²) in [5.41, 5.74) is 2.96. The maximum absolute atomic E-state index is 12.8. The van der Waals surface area contributed by atoms with Crippen molar-refractivity contribution in [1.82, 2.24) is 5.32 Å². The molecule has 0 saturated carbocycles. The minimum Gasteiger partial charge on any atom is -0.390 e. The predicted molar refractivity (Wildman–Crippen MR) is 99.9 cm³/mol. The lowest BCUT2D eigenvalue weighted by atomic mass is 10.0. The molecule has 1 N–H and O–H groups in total. The van der Waals surface area contributed by atoms with Gasteiger partial charge >= 0.3 is 6.18 Å². The molecule has 0 aromatic heterocycles. The zero-order valence-electron chi connectivity index (χ0n) is 15.3. The van der Waals surface area contributed by atoms with Gasteiger partial charge in [0.25, 0.3) is 0 Å². The number of hydrogen-bond acceptors (Lipinski definition) is 4. The Labute approximate surface area is 156 Å². The lowest BCUT2D eigenvalue weighted by molar-refractivity contribution is -0.137. The van der Waals surface area contributed by atoms with Crippen LogP contribution in [0.3, 0.4) is 0 Å². The molecule has 0 aliphatic carbocycles. The van der Waals surface area contributed by atoms with Crippen molar-refractivity contribution in [3.8, 4) is 0 Å². The summed E-state index contributed by atoms with van der Waals surface area (Å²) in [6.45, 7) is 0.857. The third-order valence-corrected chi connectivity index (χ3v) is 4.41. The molecule has 0 bridgehead atoms.